The van der Waals surface area contributed by atoms with Crippen molar-refractivity contribution in [3.63, 3.8) is 0 Å². The minimum atomic E-state index is -0.902. The number of rotatable bonds is 7. The molecular weight excluding hydrogens is 342 g/mol. The molecule has 3 aromatic rings. The number of benzene rings is 2. The van der Waals surface area contributed by atoms with Crippen molar-refractivity contribution in [2.45, 2.75) is 19.8 Å². The topological polar surface area (TPSA) is 75.4 Å². The lowest BCUT2D eigenvalue weighted by molar-refractivity contribution is -0.142. The fourth-order valence-electron chi connectivity index (χ4n) is 3.11. The third-order valence-corrected chi connectivity index (χ3v) is 4.60. The Morgan fingerprint density at radius 3 is 2.48 bits per heavy atom. The number of aryl methyl sites for hydroxylation is 1. The number of carbonyl (C=O) groups excluding carboxylic acids is 1. The number of para-hydroxylation sites is 3. The highest BCUT2D eigenvalue weighted by atomic mass is 16.4. The van der Waals surface area contributed by atoms with Crippen LogP contribution >= 0.6 is 0 Å². The van der Waals surface area contributed by atoms with Crippen LogP contribution in [0.1, 0.15) is 19.2 Å². The van der Waals surface area contributed by atoms with Gasteiger partial charge in [-0.15, -0.1) is 0 Å². The predicted molar refractivity (Wildman–Crippen MR) is 104 cm³/mol. The molecule has 1 aromatic heterocycles. The number of carbonyl (C=O) groups is 2. The van der Waals surface area contributed by atoms with E-state index >= 15 is 0 Å². The van der Waals surface area contributed by atoms with E-state index in [0.717, 1.165) is 22.5 Å². The summed E-state index contributed by atoms with van der Waals surface area (Å²) in [6.07, 6.45) is 0.757. The van der Waals surface area contributed by atoms with Crippen molar-refractivity contribution in [2.24, 2.45) is 5.92 Å². The molecule has 1 unspecified atom stereocenters. The molecule has 0 bridgehead atoms. The van der Waals surface area contributed by atoms with E-state index in [-0.39, 0.29) is 18.9 Å². The highest BCUT2D eigenvalue weighted by molar-refractivity contribution is 5.79. The van der Waals surface area contributed by atoms with Gasteiger partial charge in [0.2, 0.25) is 5.91 Å². The second kappa shape index (κ2) is 8.03. The maximum absolute atomic E-state index is 12.4. The monoisotopic (exact) mass is 365 g/mol. The smallest absolute Gasteiger partial charge is 0.308 e. The molecule has 0 aliphatic carbocycles. The van der Waals surface area contributed by atoms with E-state index in [1.54, 1.807) is 14.0 Å². The molecule has 0 aliphatic heterocycles. The first-order chi connectivity index (χ1) is 13.0. The van der Waals surface area contributed by atoms with Crippen molar-refractivity contribution in [1.29, 1.82) is 0 Å². The largest absolute Gasteiger partial charge is 0.481 e. The molecule has 2 aromatic carbocycles. The molecule has 3 rings (SSSR count). The van der Waals surface area contributed by atoms with Crippen LogP contribution < -0.4 is 0 Å². The van der Waals surface area contributed by atoms with Crippen molar-refractivity contribution in [3.05, 3.63) is 60.4 Å². The van der Waals surface area contributed by atoms with Crippen LogP contribution in [0.3, 0.4) is 0 Å². The summed E-state index contributed by atoms with van der Waals surface area (Å²) in [5, 5.41) is 9.01. The minimum Gasteiger partial charge on any atom is -0.481 e. The van der Waals surface area contributed by atoms with E-state index in [0.29, 0.717) is 6.42 Å². The van der Waals surface area contributed by atoms with Gasteiger partial charge in [0.05, 0.1) is 17.0 Å². The summed E-state index contributed by atoms with van der Waals surface area (Å²) in [7, 11) is 1.64. The number of aromatic nitrogens is 2. The Bertz CT molecular complexity index is 950. The number of nitrogens with zero attached hydrogens (tertiary/aromatic N) is 3. The zero-order chi connectivity index (χ0) is 19.4. The van der Waals surface area contributed by atoms with Crippen LogP contribution in [0.15, 0.2) is 54.6 Å². The Kier molecular flexibility index (Phi) is 5.54. The third kappa shape index (κ3) is 4.16. The Morgan fingerprint density at radius 2 is 1.78 bits per heavy atom. The van der Waals surface area contributed by atoms with Gasteiger partial charge >= 0.3 is 5.97 Å². The zero-order valence-corrected chi connectivity index (χ0v) is 15.5. The van der Waals surface area contributed by atoms with Gasteiger partial charge < -0.3 is 10.0 Å². The van der Waals surface area contributed by atoms with Crippen LogP contribution in [-0.2, 0) is 16.0 Å². The molecule has 0 saturated heterocycles. The molecule has 6 nitrogen and oxygen atoms in total. The molecule has 0 saturated carbocycles. The summed E-state index contributed by atoms with van der Waals surface area (Å²) in [5.74, 6) is -0.765. The summed E-state index contributed by atoms with van der Waals surface area (Å²) in [6, 6.07) is 17.8. The molecule has 1 atom stereocenters. The number of hydrogen-bond donors (Lipinski definition) is 1. The van der Waals surface area contributed by atoms with E-state index in [1.165, 1.54) is 4.90 Å². The van der Waals surface area contributed by atoms with E-state index in [2.05, 4.69) is 4.57 Å². The standard InChI is InChI=1S/C21H23N3O3/c1-15(21(26)27)14-23(2)20(25)13-12-19-22-17-10-6-7-11-18(17)24(19)16-8-4-3-5-9-16/h3-11,15H,12-14H2,1-2H3,(H,26,27). The lowest BCUT2D eigenvalue weighted by Crippen LogP contribution is -2.33. The van der Waals surface area contributed by atoms with Crippen LogP contribution in [-0.4, -0.2) is 45.0 Å². The Hall–Kier alpha value is -3.15. The second-order valence-corrected chi connectivity index (χ2v) is 6.70. The van der Waals surface area contributed by atoms with Crippen LogP contribution in [0.5, 0.6) is 0 Å². The third-order valence-electron chi connectivity index (χ3n) is 4.60. The van der Waals surface area contributed by atoms with Gasteiger partial charge in [0.15, 0.2) is 0 Å². The van der Waals surface area contributed by atoms with E-state index in [1.807, 2.05) is 54.6 Å². The average molecular weight is 365 g/mol. The molecule has 1 heterocycles. The quantitative estimate of drug-likeness (QED) is 0.698. The Balaban J connectivity index is 1.81. The molecule has 0 fully saturated rings. The maximum atomic E-state index is 12.4. The first-order valence-corrected chi connectivity index (χ1v) is 8.96. The van der Waals surface area contributed by atoms with Gasteiger partial charge in [0.1, 0.15) is 5.82 Å². The SMILES string of the molecule is CC(CN(C)C(=O)CCc1nc2ccccc2n1-c1ccccc1)C(=O)O. The average Bonchev–Trinajstić information content (AvgIpc) is 3.04. The molecule has 27 heavy (non-hydrogen) atoms. The molecule has 0 aliphatic rings. The normalized spacial score (nSPS) is 12.1. The van der Waals surface area contributed by atoms with Crippen molar-refractivity contribution >= 4 is 22.9 Å². The second-order valence-electron chi connectivity index (χ2n) is 6.70. The molecular formula is C21H23N3O3. The first kappa shape index (κ1) is 18.6. The highest BCUT2D eigenvalue weighted by Gasteiger charge is 2.19. The summed E-state index contributed by atoms with van der Waals surface area (Å²) < 4.78 is 2.07. The minimum absolute atomic E-state index is 0.0882. The van der Waals surface area contributed by atoms with Crippen LogP contribution in [0.25, 0.3) is 16.7 Å². The molecule has 1 amide bonds. The van der Waals surface area contributed by atoms with Gasteiger partial charge in [0.25, 0.3) is 0 Å². The van der Waals surface area contributed by atoms with Crippen molar-refractivity contribution in [2.75, 3.05) is 13.6 Å². The molecule has 0 radical (unpaired) electrons. The van der Waals surface area contributed by atoms with E-state index in [9.17, 15) is 9.59 Å². The van der Waals surface area contributed by atoms with Gasteiger partial charge in [-0.2, -0.15) is 0 Å². The predicted octanol–water partition coefficient (Wildman–Crippen LogP) is 3.14. The summed E-state index contributed by atoms with van der Waals surface area (Å²) >= 11 is 0. The maximum Gasteiger partial charge on any atom is 0.308 e. The molecule has 1 N–H and O–H groups in total. The van der Waals surface area contributed by atoms with E-state index < -0.39 is 11.9 Å². The summed E-state index contributed by atoms with van der Waals surface area (Å²) in [6.45, 7) is 1.80. The molecule has 0 spiro atoms. The molecule has 6 heteroatoms. The molecule has 140 valence electrons. The van der Waals surface area contributed by atoms with Gasteiger partial charge in [-0.3, -0.25) is 14.2 Å². The number of fused-ring (bicyclic) bond motifs is 1. The lowest BCUT2D eigenvalue weighted by atomic mass is 10.1. The first-order valence-electron chi connectivity index (χ1n) is 8.96. The van der Waals surface area contributed by atoms with Crippen molar-refractivity contribution < 1.29 is 14.7 Å². The van der Waals surface area contributed by atoms with Gasteiger partial charge in [0, 0.05) is 32.1 Å². The van der Waals surface area contributed by atoms with Gasteiger partial charge in [-0.1, -0.05) is 37.3 Å². The number of aliphatic carboxylic acids is 1. The highest BCUT2D eigenvalue weighted by Crippen LogP contribution is 2.22. The van der Waals surface area contributed by atoms with Crippen LogP contribution in [0, 0.1) is 5.92 Å². The number of hydrogen-bond acceptors (Lipinski definition) is 3. The number of carboxylic acid groups (broad SMARTS) is 1. The zero-order valence-electron chi connectivity index (χ0n) is 15.5. The lowest BCUT2D eigenvalue weighted by Gasteiger charge is -2.19. The van der Waals surface area contributed by atoms with Crippen LogP contribution in [0.2, 0.25) is 0 Å². The fraction of sp³-hybridized carbons (Fsp3) is 0.286. The van der Waals surface area contributed by atoms with Gasteiger partial charge in [-0.05, 0) is 24.3 Å². The van der Waals surface area contributed by atoms with Crippen LogP contribution in [0.4, 0.5) is 0 Å². The van der Waals surface area contributed by atoms with E-state index in [4.69, 9.17) is 10.1 Å². The number of carboxylic acids is 1. The number of imidazole rings is 1. The van der Waals surface area contributed by atoms with Gasteiger partial charge in [-0.25, -0.2) is 4.98 Å². The Labute approximate surface area is 158 Å². The van der Waals surface area contributed by atoms with Crippen molar-refractivity contribution in [3.8, 4) is 5.69 Å². The Morgan fingerprint density at radius 1 is 1.11 bits per heavy atom. The summed E-state index contributed by atoms with van der Waals surface area (Å²) in [5.41, 5.74) is 2.89. The number of amides is 1. The fourth-order valence-corrected chi connectivity index (χ4v) is 3.11. The summed E-state index contributed by atoms with van der Waals surface area (Å²) in [4.78, 5) is 29.6. The van der Waals surface area contributed by atoms with Crippen molar-refractivity contribution in [1.82, 2.24) is 14.5 Å².